The summed E-state index contributed by atoms with van der Waals surface area (Å²) in [6, 6.07) is 10.7. The summed E-state index contributed by atoms with van der Waals surface area (Å²) in [6.45, 7) is 5.56. The van der Waals surface area contributed by atoms with E-state index in [9.17, 15) is 9.59 Å². The van der Waals surface area contributed by atoms with Gasteiger partial charge in [0.1, 0.15) is 11.4 Å². The Kier molecular flexibility index (Phi) is 5.30. The predicted molar refractivity (Wildman–Crippen MR) is 86.0 cm³/mol. The Bertz CT molecular complexity index is 729. The number of aromatic nitrogens is 1. The van der Waals surface area contributed by atoms with E-state index in [-0.39, 0.29) is 12.3 Å². The molecule has 120 valence electrons. The third-order valence-corrected chi connectivity index (χ3v) is 3.28. The highest BCUT2D eigenvalue weighted by atomic mass is 16.5. The number of carbonyl (C=O) groups is 2. The maximum absolute atomic E-state index is 11.8. The number of benzene rings is 1. The van der Waals surface area contributed by atoms with Crippen molar-refractivity contribution in [3.63, 3.8) is 0 Å². The van der Waals surface area contributed by atoms with Gasteiger partial charge in [0, 0.05) is 5.69 Å². The Hall–Kier alpha value is -2.89. The number of ether oxygens (including phenoxy) is 1. The van der Waals surface area contributed by atoms with Crippen LogP contribution in [0.15, 0.2) is 36.4 Å². The highest BCUT2D eigenvalue weighted by molar-refractivity contribution is 5.93. The summed E-state index contributed by atoms with van der Waals surface area (Å²) in [6.07, 6.45) is 0. The van der Waals surface area contributed by atoms with Gasteiger partial charge in [-0.15, -0.1) is 0 Å². The fraction of sp³-hybridized carbons (Fsp3) is 0.235. The fourth-order valence-electron chi connectivity index (χ4n) is 1.85. The Morgan fingerprint density at radius 2 is 1.83 bits per heavy atom. The van der Waals surface area contributed by atoms with Gasteiger partial charge in [-0.1, -0.05) is 12.1 Å². The van der Waals surface area contributed by atoms with Crippen molar-refractivity contribution < 1.29 is 14.3 Å². The maximum Gasteiger partial charge on any atom is 0.288 e. The lowest BCUT2D eigenvalue weighted by Crippen LogP contribution is -2.44. The molecule has 2 amide bonds. The second-order valence-corrected chi connectivity index (χ2v) is 5.20. The first-order valence-electron chi connectivity index (χ1n) is 7.18. The van der Waals surface area contributed by atoms with Gasteiger partial charge in [-0.3, -0.25) is 20.4 Å². The van der Waals surface area contributed by atoms with Crippen LogP contribution in [-0.4, -0.2) is 23.4 Å². The first-order valence-corrected chi connectivity index (χ1v) is 7.18. The number of carbonyl (C=O) groups excluding carboxylic acids is 2. The molecule has 2 aromatic rings. The fourth-order valence-corrected chi connectivity index (χ4v) is 1.85. The van der Waals surface area contributed by atoms with E-state index >= 15 is 0 Å². The number of hydrogen-bond acceptors (Lipinski definition) is 4. The average molecular weight is 313 g/mol. The van der Waals surface area contributed by atoms with Crippen molar-refractivity contribution in [1.82, 2.24) is 15.8 Å². The van der Waals surface area contributed by atoms with Gasteiger partial charge >= 0.3 is 0 Å². The highest BCUT2D eigenvalue weighted by Crippen LogP contribution is 2.16. The minimum absolute atomic E-state index is 0.190. The highest BCUT2D eigenvalue weighted by Gasteiger charge is 2.09. The van der Waals surface area contributed by atoms with E-state index < -0.39 is 11.8 Å². The lowest BCUT2D eigenvalue weighted by Gasteiger charge is -2.10. The largest absolute Gasteiger partial charge is 0.484 e. The van der Waals surface area contributed by atoms with Crippen LogP contribution in [0.5, 0.6) is 5.75 Å². The van der Waals surface area contributed by atoms with E-state index in [2.05, 4.69) is 15.8 Å². The van der Waals surface area contributed by atoms with Crippen LogP contribution >= 0.6 is 0 Å². The van der Waals surface area contributed by atoms with Crippen molar-refractivity contribution in [3.05, 3.63) is 58.9 Å². The van der Waals surface area contributed by atoms with Crippen molar-refractivity contribution in [2.24, 2.45) is 0 Å². The molecule has 0 fully saturated rings. The van der Waals surface area contributed by atoms with E-state index in [0.717, 1.165) is 16.8 Å². The number of aryl methyl sites for hydroxylation is 3. The molecule has 23 heavy (non-hydrogen) atoms. The van der Waals surface area contributed by atoms with E-state index in [0.29, 0.717) is 5.75 Å². The molecule has 0 saturated carbocycles. The van der Waals surface area contributed by atoms with Crippen LogP contribution in [0.4, 0.5) is 0 Å². The minimum atomic E-state index is -0.478. The molecule has 1 heterocycles. The van der Waals surface area contributed by atoms with Crippen molar-refractivity contribution >= 4 is 11.8 Å². The van der Waals surface area contributed by atoms with Crippen LogP contribution in [0.2, 0.25) is 0 Å². The monoisotopic (exact) mass is 313 g/mol. The molecular formula is C17H19N3O3. The normalized spacial score (nSPS) is 10.0. The first-order chi connectivity index (χ1) is 11.0. The topological polar surface area (TPSA) is 80.3 Å². The molecule has 0 saturated heterocycles. The summed E-state index contributed by atoms with van der Waals surface area (Å²) >= 11 is 0. The zero-order valence-electron chi connectivity index (χ0n) is 13.3. The Morgan fingerprint density at radius 1 is 1.04 bits per heavy atom. The second kappa shape index (κ2) is 7.40. The maximum atomic E-state index is 11.8. The number of rotatable bonds is 4. The molecule has 1 aromatic carbocycles. The summed E-state index contributed by atoms with van der Waals surface area (Å²) < 4.78 is 5.38. The molecular weight excluding hydrogens is 294 g/mol. The lowest BCUT2D eigenvalue weighted by atomic mass is 10.1. The van der Waals surface area contributed by atoms with Crippen LogP contribution in [-0.2, 0) is 4.79 Å². The Balaban J connectivity index is 1.81. The van der Waals surface area contributed by atoms with Gasteiger partial charge in [0.15, 0.2) is 6.61 Å². The van der Waals surface area contributed by atoms with Crippen molar-refractivity contribution in [2.75, 3.05) is 6.61 Å². The summed E-state index contributed by atoms with van der Waals surface area (Å²) in [5.41, 5.74) is 7.79. The Morgan fingerprint density at radius 3 is 2.52 bits per heavy atom. The first kappa shape index (κ1) is 16.5. The van der Waals surface area contributed by atoms with Crippen LogP contribution < -0.4 is 15.6 Å². The third kappa shape index (κ3) is 4.81. The molecule has 2 N–H and O–H groups in total. The van der Waals surface area contributed by atoms with E-state index in [1.807, 2.05) is 26.0 Å². The van der Waals surface area contributed by atoms with Crippen LogP contribution in [0.3, 0.4) is 0 Å². The number of amides is 2. The number of pyridine rings is 1. The van der Waals surface area contributed by atoms with Gasteiger partial charge < -0.3 is 4.74 Å². The molecule has 0 aliphatic carbocycles. The molecule has 0 bridgehead atoms. The second-order valence-electron chi connectivity index (χ2n) is 5.20. The number of nitrogens with zero attached hydrogens (tertiary/aromatic N) is 1. The van der Waals surface area contributed by atoms with Gasteiger partial charge in [-0.2, -0.15) is 0 Å². The number of nitrogens with one attached hydrogen (secondary N) is 2. The van der Waals surface area contributed by atoms with Gasteiger partial charge in [0.05, 0.1) is 0 Å². The molecule has 0 aliphatic heterocycles. The van der Waals surface area contributed by atoms with Gasteiger partial charge in [0.25, 0.3) is 11.8 Å². The molecule has 0 atom stereocenters. The molecule has 1 aromatic heterocycles. The quantitative estimate of drug-likeness (QED) is 0.844. The van der Waals surface area contributed by atoms with Crippen LogP contribution in [0.25, 0.3) is 0 Å². The van der Waals surface area contributed by atoms with Crippen molar-refractivity contribution in [2.45, 2.75) is 20.8 Å². The van der Waals surface area contributed by atoms with Gasteiger partial charge in [-0.25, -0.2) is 4.98 Å². The molecule has 0 unspecified atom stereocenters. The average Bonchev–Trinajstić information content (AvgIpc) is 2.53. The summed E-state index contributed by atoms with van der Waals surface area (Å²) in [7, 11) is 0. The summed E-state index contributed by atoms with van der Waals surface area (Å²) in [5.74, 6) is -0.326. The number of hydrazine groups is 1. The molecule has 0 spiro atoms. The van der Waals surface area contributed by atoms with Gasteiger partial charge in [0.2, 0.25) is 0 Å². The SMILES string of the molecule is Cc1cccc(C(=O)NNC(=O)COc2ccc(C)c(C)c2)n1. The van der Waals surface area contributed by atoms with Crippen LogP contribution in [0, 0.1) is 20.8 Å². The van der Waals surface area contributed by atoms with Crippen molar-refractivity contribution in [1.29, 1.82) is 0 Å². The van der Waals surface area contributed by atoms with E-state index in [1.165, 1.54) is 0 Å². The zero-order chi connectivity index (χ0) is 16.8. The van der Waals surface area contributed by atoms with Crippen LogP contribution in [0.1, 0.15) is 27.3 Å². The molecule has 6 nitrogen and oxygen atoms in total. The summed E-state index contributed by atoms with van der Waals surface area (Å²) in [4.78, 5) is 27.6. The predicted octanol–water partition coefficient (Wildman–Crippen LogP) is 1.85. The molecule has 0 aliphatic rings. The van der Waals surface area contributed by atoms with E-state index in [4.69, 9.17) is 4.74 Å². The van der Waals surface area contributed by atoms with E-state index in [1.54, 1.807) is 31.2 Å². The standard InChI is InChI=1S/C17H19N3O3/c1-11-7-8-14(9-12(11)2)23-10-16(21)19-20-17(22)15-6-4-5-13(3)18-15/h4-9H,10H2,1-3H3,(H,19,21)(H,20,22). The number of hydrogen-bond donors (Lipinski definition) is 2. The Labute approximate surface area is 134 Å². The lowest BCUT2D eigenvalue weighted by molar-refractivity contribution is -0.123. The van der Waals surface area contributed by atoms with Gasteiger partial charge in [-0.05, 0) is 56.2 Å². The molecule has 0 radical (unpaired) electrons. The van der Waals surface area contributed by atoms with Crippen molar-refractivity contribution in [3.8, 4) is 5.75 Å². The molecule has 6 heteroatoms. The zero-order valence-corrected chi connectivity index (χ0v) is 13.3. The summed E-state index contributed by atoms with van der Waals surface area (Å²) in [5, 5.41) is 0. The third-order valence-electron chi connectivity index (χ3n) is 3.28. The minimum Gasteiger partial charge on any atom is -0.484 e. The smallest absolute Gasteiger partial charge is 0.288 e. The molecule has 2 rings (SSSR count).